The van der Waals surface area contributed by atoms with Gasteiger partial charge in [-0.2, -0.15) is 0 Å². The summed E-state index contributed by atoms with van der Waals surface area (Å²) in [4.78, 5) is 2.07. The highest BCUT2D eigenvalue weighted by Crippen LogP contribution is 2.37. The Labute approximate surface area is 123 Å². The first-order chi connectivity index (χ1) is 10.1. The third-order valence-corrected chi connectivity index (χ3v) is 3.90. The van der Waals surface area contributed by atoms with Gasteiger partial charge in [0.25, 0.3) is 0 Å². The minimum absolute atomic E-state index is 0.182. The number of hydrogen-bond acceptors (Lipinski definition) is 2. The predicted molar refractivity (Wildman–Crippen MR) is 83.7 cm³/mol. The van der Waals surface area contributed by atoms with Crippen LogP contribution in [0, 0.1) is 17.1 Å². The van der Waals surface area contributed by atoms with E-state index in [1.54, 1.807) is 6.07 Å². The number of para-hydroxylation sites is 1. The number of nitrogen functional groups attached to an aromatic ring is 1. The van der Waals surface area contributed by atoms with E-state index in [9.17, 15) is 4.39 Å². The molecule has 0 aromatic heterocycles. The van der Waals surface area contributed by atoms with Crippen molar-refractivity contribution >= 4 is 17.2 Å². The minimum Gasteiger partial charge on any atom is -0.384 e. The maximum absolute atomic E-state index is 14.1. The van der Waals surface area contributed by atoms with Gasteiger partial charge in [-0.25, -0.2) is 4.39 Å². The predicted octanol–water partition coefficient (Wildman–Crippen LogP) is 3.44. The lowest BCUT2D eigenvalue weighted by molar-refractivity contribution is 0.560. The number of halogens is 1. The van der Waals surface area contributed by atoms with Crippen molar-refractivity contribution in [1.29, 1.82) is 5.41 Å². The molecular weight excluding hydrogens is 265 g/mol. The van der Waals surface area contributed by atoms with Gasteiger partial charge in [-0.3, -0.25) is 5.41 Å². The summed E-state index contributed by atoms with van der Waals surface area (Å²) in [5.41, 5.74) is 8.76. The Balaban J connectivity index is 2.18. The zero-order valence-corrected chi connectivity index (χ0v) is 11.9. The van der Waals surface area contributed by atoms with E-state index < -0.39 is 5.82 Å². The Hall–Kier alpha value is -2.36. The van der Waals surface area contributed by atoms with E-state index in [0.717, 1.165) is 18.7 Å². The zero-order chi connectivity index (χ0) is 15.0. The Morgan fingerprint density at radius 2 is 1.90 bits per heavy atom. The summed E-state index contributed by atoms with van der Waals surface area (Å²) in [6, 6.07) is 13.0. The van der Waals surface area contributed by atoms with Gasteiger partial charge >= 0.3 is 0 Å². The first-order valence-corrected chi connectivity index (χ1v) is 7.06. The number of benzene rings is 2. The van der Waals surface area contributed by atoms with Gasteiger partial charge in [0.15, 0.2) is 0 Å². The van der Waals surface area contributed by atoms with Crippen LogP contribution >= 0.6 is 0 Å². The molecule has 3 rings (SSSR count). The number of anilines is 2. The van der Waals surface area contributed by atoms with Crippen molar-refractivity contribution in [3.8, 4) is 0 Å². The molecule has 4 heteroatoms. The summed E-state index contributed by atoms with van der Waals surface area (Å²) in [5, 5.41) is 7.68. The molecule has 0 saturated heterocycles. The molecule has 0 saturated carbocycles. The second kappa shape index (κ2) is 5.20. The number of nitrogens with one attached hydrogen (secondary N) is 1. The summed E-state index contributed by atoms with van der Waals surface area (Å²) in [5.74, 6) is -0.225. The number of fused-ring (bicyclic) bond motifs is 1. The lowest BCUT2D eigenvalue weighted by Gasteiger charge is -2.36. The molecule has 2 aromatic rings. The Bertz CT molecular complexity index is 696. The molecule has 1 heterocycles. The maximum Gasteiger partial charge on any atom is 0.136 e. The summed E-state index contributed by atoms with van der Waals surface area (Å²) in [6.07, 6.45) is 1.01. The molecule has 2 aromatic carbocycles. The van der Waals surface area contributed by atoms with Crippen molar-refractivity contribution in [2.24, 2.45) is 11.7 Å². The highest BCUT2D eigenvalue weighted by atomic mass is 19.1. The highest BCUT2D eigenvalue weighted by Gasteiger charge is 2.25. The highest BCUT2D eigenvalue weighted by molar-refractivity contribution is 6.01. The van der Waals surface area contributed by atoms with Gasteiger partial charge in [-0.05, 0) is 36.1 Å². The number of rotatable bonds is 2. The number of hydrogen-bond donors (Lipinski definition) is 2. The van der Waals surface area contributed by atoms with Gasteiger partial charge in [0, 0.05) is 12.2 Å². The standard InChI is InChI=1S/C17H18FN3/c1-11-9-12-5-2-3-7-14(12)21(10-11)15-8-4-6-13(18)16(15)17(19)20/h2-8,11H,9-10H2,1H3,(H3,19,20). The number of nitrogens with zero attached hydrogens (tertiary/aromatic N) is 1. The fourth-order valence-electron chi connectivity index (χ4n) is 3.03. The SMILES string of the molecule is CC1Cc2ccccc2N(c2cccc(F)c2C(=N)N)C1. The van der Waals surface area contributed by atoms with Crippen molar-refractivity contribution in [3.05, 3.63) is 59.4 Å². The topological polar surface area (TPSA) is 53.1 Å². The first-order valence-electron chi connectivity index (χ1n) is 7.06. The maximum atomic E-state index is 14.1. The third-order valence-electron chi connectivity index (χ3n) is 3.90. The van der Waals surface area contributed by atoms with E-state index in [0.29, 0.717) is 11.6 Å². The Morgan fingerprint density at radius 1 is 1.19 bits per heavy atom. The average Bonchev–Trinajstić information content (AvgIpc) is 2.45. The molecule has 3 N–H and O–H groups in total. The van der Waals surface area contributed by atoms with E-state index in [4.69, 9.17) is 11.1 Å². The van der Waals surface area contributed by atoms with Crippen molar-refractivity contribution in [2.75, 3.05) is 11.4 Å². The molecule has 0 fully saturated rings. The van der Waals surface area contributed by atoms with Crippen LogP contribution < -0.4 is 10.6 Å². The monoisotopic (exact) mass is 283 g/mol. The zero-order valence-electron chi connectivity index (χ0n) is 11.9. The molecule has 0 aliphatic carbocycles. The van der Waals surface area contributed by atoms with Gasteiger partial charge in [0.05, 0.1) is 11.3 Å². The molecule has 1 unspecified atom stereocenters. The van der Waals surface area contributed by atoms with Crippen LogP contribution in [0.4, 0.5) is 15.8 Å². The largest absolute Gasteiger partial charge is 0.384 e. The summed E-state index contributed by atoms with van der Waals surface area (Å²) in [7, 11) is 0. The minimum atomic E-state index is -0.448. The summed E-state index contributed by atoms with van der Waals surface area (Å²) < 4.78 is 14.1. The Kier molecular flexibility index (Phi) is 3.37. The molecule has 0 spiro atoms. The van der Waals surface area contributed by atoms with Gasteiger partial charge in [-0.15, -0.1) is 0 Å². The molecule has 3 nitrogen and oxygen atoms in total. The fourth-order valence-corrected chi connectivity index (χ4v) is 3.03. The van der Waals surface area contributed by atoms with Crippen LogP contribution in [0.25, 0.3) is 0 Å². The van der Waals surface area contributed by atoms with E-state index in [-0.39, 0.29) is 11.4 Å². The van der Waals surface area contributed by atoms with Crippen LogP contribution in [0.5, 0.6) is 0 Å². The second-order valence-electron chi connectivity index (χ2n) is 5.60. The number of amidine groups is 1. The molecular formula is C17H18FN3. The molecule has 0 radical (unpaired) electrons. The summed E-state index contributed by atoms with van der Waals surface area (Å²) in [6.45, 7) is 2.97. The van der Waals surface area contributed by atoms with Gasteiger partial charge in [-0.1, -0.05) is 31.2 Å². The van der Waals surface area contributed by atoms with Crippen molar-refractivity contribution in [3.63, 3.8) is 0 Å². The quantitative estimate of drug-likeness (QED) is 0.655. The van der Waals surface area contributed by atoms with Gasteiger partial charge in [0.2, 0.25) is 0 Å². The first kappa shape index (κ1) is 13.6. The van der Waals surface area contributed by atoms with E-state index >= 15 is 0 Å². The van der Waals surface area contributed by atoms with Crippen molar-refractivity contribution in [2.45, 2.75) is 13.3 Å². The van der Waals surface area contributed by atoms with E-state index in [1.165, 1.54) is 11.6 Å². The third kappa shape index (κ3) is 2.37. The summed E-state index contributed by atoms with van der Waals surface area (Å²) >= 11 is 0. The lowest BCUT2D eigenvalue weighted by Crippen LogP contribution is -2.32. The molecule has 21 heavy (non-hydrogen) atoms. The van der Waals surface area contributed by atoms with Gasteiger partial charge < -0.3 is 10.6 Å². The fraction of sp³-hybridized carbons (Fsp3) is 0.235. The molecule has 0 bridgehead atoms. The smallest absolute Gasteiger partial charge is 0.136 e. The van der Waals surface area contributed by atoms with Crippen LogP contribution in [-0.4, -0.2) is 12.4 Å². The molecule has 0 amide bonds. The molecule has 108 valence electrons. The van der Waals surface area contributed by atoms with Gasteiger partial charge in [0.1, 0.15) is 11.7 Å². The van der Waals surface area contributed by atoms with Crippen molar-refractivity contribution < 1.29 is 4.39 Å². The van der Waals surface area contributed by atoms with E-state index in [2.05, 4.69) is 17.9 Å². The normalized spacial score (nSPS) is 17.4. The number of nitrogens with two attached hydrogens (primary N) is 1. The van der Waals surface area contributed by atoms with Crippen molar-refractivity contribution in [1.82, 2.24) is 0 Å². The van der Waals surface area contributed by atoms with Crippen LogP contribution in [0.15, 0.2) is 42.5 Å². The Morgan fingerprint density at radius 3 is 2.67 bits per heavy atom. The molecule has 1 aliphatic rings. The second-order valence-corrected chi connectivity index (χ2v) is 5.60. The van der Waals surface area contributed by atoms with Crippen LogP contribution in [0.1, 0.15) is 18.1 Å². The lowest BCUT2D eigenvalue weighted by atomic mass is 9.93. The molecule has 1 aliphatic heterocycles. The average molecular weight is 283 g/mol. The molecule has 1 atom stereocenters. The van der Waals surface area contributed by atoms with E-state index in [1.807, 2.05) is 24.3 Å². The van der Waals surface area contributed by atoms with Crippen LogP contribution in [0.3, 0.4) is 0 Å². The van der Waals surface area contributed by atoms with Crippen LogP contribution in [-0.2, 0) is 6.42 Å². The van der Waals surface area contributed by atoms with Crippen LogP contribution in [0.2, 0.25) is 0 Å².